The maximum absolute atomic E-state index is 13.8. The van der Waals surface area contributed by atoms with E-state index >= 15 is 0 Å². The molecular weight excluding hydrogens is 379 g/mol. The topological polar surface area (TPSA) is 105 Å². The van der Waals surface area contributed by atoms with Crippen LogP contribution >= 0.6 is 0 Å². The number of rotatable bonds is 6. The van der Waals surface area contributed by atoms with Crippen molar-refractivity contribution in [2.45, 2.75) is 32.3 Å². The highest BCUT2D eigenvalue weighted by molar-refractivity contribution is 5.76. The zero-order valence-corrected chi connectivity index (χ0v) is 15.9. The Bertz CT molecular complexity index is 1000. The normalized spacial score (nSPS) is 19.1. The molecular formula is C20H21FN4O4. The first-order valence-corrected chi connectivity index (χ1v) is 9.45. The SMILES string of the molecule is Cc1cc(C[C@@H]2CN(C(=O)CCc3nc(-c4ccccc4F)no3)C[C@H]2O)on1. The molecule has 8 nitrogen and oxygen atoms in total. The molecule has 3 heterocycles. The number of nitrogens with zero attached hydrogens (tertiary/aromatic N) is 4. The van der Waals surface area contributed by atoms with Gasteiger partial charge in [0.1, 0.15) is 11.6 Å². The number of carbonyl (C=O) groups excluding carboxylic acids is 1. The fourth-order valence-electron chi connectivity index (χ4n) is 3.51. The lowest BCUT2D eigenvalue weighted by Crippen LogP contribution is -2.29. The predicted molar refractivity (Wildman–Crippen MR) is 99.0 cm³/mol. The highest BCUT2D eigenvalue weighted by Crippen LogP contribution is 2.23. The molecule has 1 N–H and O–H groups in total. The van der Waals surface area contributed by atoms with E-state index in [4.69, 9.17) is 9.05 Å². The summed E-state index contributed by atoms with van der Waals surface area (Å²) in [7, 11) is 0. The van der Waals surface area contributed by atoms with Crippen molar-refractivity contribution in [3.05, 3.63) is 53.5 Å². The van der Waals surface area contributed by atoms with E-state index in [-0.39, 0.29) is 48.5 Å². The maximum Gasteiger partial charge on any atom is 0.227 e. The number of likely N-dealkylation sites (tertiary alicyclic amines) is 1. The predicted octanol–water partition coefficient (Wildman–Crippen LogP) is 2.17. The molecule has 0 bridgehead atoms. The third-order valence-electron chi connectivity index (χ3n) is 5.03. The van der Waals surface area contributed by atoms with Gasteiger partial charge >= 0.3 is 0 Å². The van der Waals surface area contributed by atoms with Crippen LogP contribution in [-0.4, -0.2) is 50.4 Å². The fraction of sp³-hybridized carbons (Fsp3) is 0.400. The second-order valence-corrected chi connectivity index (χ2v) is 7.26. The van der Waals surface area contributed by atoms with E-state index in [1.807, 2.05) is 13.0 Å². The quantitative estimate of drug-likeness (QED) is 0.676. The molecule has 4 rings (SSSR count). The van der Waals surface area contributed by atoms with Crippen molar-refractivity contribution in [3.8, 4) is 11.4 Å². The van der Waals surface area contributed by atoms with Crippen LogP contribution in [0.2, 0.25) is 0 Å². The lowest BCUT2D eigenvalue weighted by atomic mass is 10.0. The summed E-state index contributed by atoms with van der Waals surface area (Å²) in [5, 5.41) is 17.9. The number of halogens is 1. The second-order valence-electron chi connectivity index (χ2n) is 7.26. The minimum absolute atomic E-state index is 0.0950. The van der Waals surface area contributed by atoms with Gasteiger partial charge in [-0.1, -0.05) is 22.4 Å². The molecule has 1 aromatic carbocycles. The third-order valence-corrected chi connectivity index (χ3v) is 5.03. The van der Waals surface area contributed by atoms with E-state index in [0.717, 1.165) is 5.69 Å². The molecule has 2 aromatic heterocycles. The molecule has 0 saturated carbocycles. The first-order valence-electron chi connectivity index (χ1n) is 9.45. The van der Waals surface area contributed by atoms with Crippen LogP contribution in [0.1, 0.15) is 23.8 Å². The molecule has 1 aliphatic rings. The lowest BCUT2D eigenvalue weighted by molar-refractivity contribution is -0.130. The van der Waals surface area contributed by atoms with Gasteiger partial charge in [0, 0.05) is 44.3 Å². The standard InChI is InChI=1S/C20H21FN4O4/c1-12-8-14(28-23-12)9-13-10-25(11-17(13)26)19(27)7-6-18-22-20(24-29-18)15-4-2-3-5-16(15)21/h2-5,8,13,17,26H,6-7,9-11H2,1H3/t13-,17-/m1/s1. The van der Waals surface area contributed by atoms with Crippen molar-refractivity contribution in [3.63, 3.8) is 0 Å². The molecule has 1 amide bonds. The lowest BCUT2D eigenvalue weighted by Gasteiger charge is -2.15. The Morgan fingerprint density at radius 2 is 2.10 bits per heavy atom. The number of carbonyl (C=O) groups is 1. The van der Waals surface area contributed by atoms with Crippen LogP contribution in [0.4, 0.5) is 4.39 Å². The molecule has 1 fully saturated rings. The molecule has 0 unspecified atom stereocenters. The molecule has 2 atom stereocenters. The first kappa shape index (κ1) is 19.3. The van der Waals surface area contributed by atoms with Gasteiger partial charge in [0.05, 0.1) is 17.4 Å². The minimum Gasteiger partial charge on any atom is -0.391 e. The molecule has 9 heteroatoms. The van der Waals surface area contributed by atoms with E-state index in [0.29, 0.717) is 18.7 Å². The van der Waals surface area contributed by atoms with Crippen LogP contribution in [-0.2, 0) is 17.6 Å². The van der Waals surface area contributed by atoms with Crippen molar-refractivity contribution in [1.29, 1.82) is 0 Å². The van der Waals surface area contributed by atoms with Crippen LogP contribution < -0.4 is 0 Å². The summed E-state index contributed by atoms with van der Waals surface area (Å²) in [5.74, 6) is 0.491. The molecule has 152 valence electrons. The Morgan fingerprint density at radius 3 is 2.86 bits per heavy atom. The van der Waals surface area contributed by atoms with E-state index in [1.54, 1.807) is 23.1 Å². The summed E-state index contributed by atoms with van der Waals surface area (Å²) in [6.45, 7) is 2.56. The van der Waals surface area contributed by atoms with Crippen molar-refractivity contribution in [2.75, 3.05) is 13.1 Å². The molecule has 0 spiro atoms. The Morgan fingerprint density at radius 1 is 1.28 bits per heavy atom. The van der Waals surface area contributed by atoms with Crippen LogP contribution in [0.15, 0.2) is 39.4 Å². The number of aliphatic hydroxyl groups excluding tert-OH is 1. The average molecular weight is 400 g/mol. The number of aliphatic hydroxyl groups is 1. The summed E-state index contributed by atoms with van der Waals surface area (Å²) in [6.07, 6.45) is 0.334. The number of aromatic nitrogens is 3. The number of amides is 1. The molecule has 1 saturated heterocycles. The van der Waals surface area contributed by atoms with Crippen LogP contribution in [0.25, 0.3) is 11.4 Å². The highest BCUT2D eigenvalue weighted by atomic mass is 19.1. The van der Waals surface area contributed by atoms with E-state index in [2.05, 4.69) is 15.3 Å². The summed E-state index contributed by atoms with van der Waals surface area (Å²) < 4.78 is 24.2. The van der Waals surface area contributed by atoms with Crippen molar-refractivity contribution < 1.29 is 23.3 Å². The zero-order chi connectivity index (χ0) is 20.4. The molecule has 0 aliphatic carbocycles. The average Bonchev–Trinajstić information content (AvgIpc) is 3.42. The Balaban J connectivity index is 1.32. The number of β-amino-alcohol motifs (C(OH)–C–C–N with tert-alkyl or cyclic N) is 1. The smallest absolute Gasteiger partial charge is 0.227 e. The van der Waals surface area contributed by atoms with E-state index in [1.165, 1.54) is 6.07 Å². The molecule has 0 radical (unpaired) electrons. The first-order chi connectivity index (χ1) is 14.0. The van der Waals surface area contributed by atoms with Gasteiger partial charge in [0.15, 0.2) is 0 Å². The van der Waals surface area contributed by atoms with Gasteiger partial charge in [-0.3, -0.25) is 4.79 Å². The number of hydrogen-bond acceptors (Lipinski definition) is 7. The highest BCUT2D eigenvalue weighted by Gasteiger charge is 2.34. The van der Waals surface area contributed by atoms with Gasteiger partial charge in [-0.25, -0.2) is 4.39 Å². The number of hydrogen-bond donors (Lipinski definition) is 1. The van der Waals surface area contributed by atoms with Crippen molar-refractivity contribution in [2.24, 2.45) is 5.92 Å². The van der Waals surface area contributed by atoms with E-state index in [9.17, 15) is 14.3 Å². The van der Waals surface area contributed by atoms with Gasteiger partial charge in [-0.05, 0) is 19.1 Å². The largest absolute Gasteiger partial charge is 0.391 e. The monoisotopic (exact) mass is 400 g/mol. The third kappa shape index (κ3) is 4.34. The molecule has 1 aliphatic heterocycles. The van der Waals surface area contributed by atoms with Gasteiger partial charge < -0.3 is 19.1 Å². The summed E-state index contributed by atoms with van der Waals surface area (Å²) in [4.78, 5) is 18.3. The Hall–Kier alpha value is -3.07. The minimum atomic E-state index is -0.611. The van der Waals surface area contributed by atoms with Gasteiger partial charge in [-0.15, -0.1) is 0 Å². The van der Waals surface area contributed by atoms with Crippen LogP contribution in [0.5, 0.6) is 0 Å². The van der Waals surface area contributed by atoms with Crippen molar-refractivity contribution >= 4 is 5.91 Å². The van der Waals surface area contributed by atoms with Gasteiger partial charge in [-0.2, -0.15) is 4.98 Å². The molecule has 3 aromatic rings. The van der Waals surface area contributed by atoms with Gasteiger partial charge in [0.25, 0.3) is 0 Å². The Kier molecular flexibility index (Phi) is 5.39. The summed E-state index contributed by atoms with van der Waals surface area (Å²) in [6, 6.07) is 7.99. The van der Waals surface area contributed by atoms with E-state index < -0.39 is 11.9 Å². The summed E-state index contributed by atoms with van der Waals surface area (Å²) >= 11 is 0. The van der Waals surface area contributed by atoms with Crippen LogP contribution in [0.3, 0.4) is 0 Å². The zero-order valence-electron chi connectivity index (χ0n) is 15.9. The Labute approximate surface area is 166 Å². The van der Waals surface area contributed by atoms with Crippen molar-refractivity contribution in [1.82, 2.24) is 20.2 Å². The van der Waals surface area contributed by atoms with Crippen LogP contribution in [0, 0.1) is 18.7 Å². The summed E-state index contributed by atoms with van der Waals surface area (Å²) in [5.41, 5.74) is 1.04. The van der Waals surface area contributed by atoms with Gasteiger partial charge in [0.2, 0.25) is 17.6 Å². The number of benzene rings is 1. The maximum atomic E-state index is 13.8. The molecule has 29 heavy (non-hydrogen) atoms. The second kappa shape index (κ2) is 8.12. The fourth-order valence-corrected chi connectivity index (χ4v) is 3.51. The number of aryl methyl sites for hydroxylation is 2.